The van der Waals surface area contributed by atoms with Gasteiger partial charge in [-0.15, -0.1) is 0 Å². The maximum absolute atomic E-state index is 6.01. The summed E-state index contributed by atoms with van der Waals surface area (Å²) >= 11 is 6.01. The van der Waals surface area contributed by atoms with Crippen LogP contribution in [0, 0.1) is 11.8 Å². The third-order valence-electron chi connectivity index (χ3n) is 4.71. The molecule has 1 unspecified atom stereocenters. The van der Waals surface area contributed by atoms with E-state index in [-0.39, 0.29) is 0 Å². The summed E-state index contributed by atoms with van der Waals surface area (Å²) in [4.78, 5) is 0. The maximum atomic E-state index is 6.01. The minimum Gasteiger partial charge on any atom is -0.310 e. The number of rotatable bonds is 6. The Morgan fingerprint density at radius 1 is 1.10 bits per heavy atom. The molecule has 2 rings (SSSR count). The van der Waals surface area contributed by atoms with Crippen LogP contribution in [0.4, 0.5) is 0 Å². The van der Waals surface area contributed by atoms with Crippen molar-refractivity contribution in [3.05, 3.63) is 34.9 Å². The zero-order valence-corrected chi connectivity index (χ0v) is 13.6. The quantitative estimate of drug-likeness (QED) is 0.720. The predicted molar refractivity (Wildman–Crippen MR) is 88.2 cm³/mol. The van der Waals surface area contributed by atoms with E-state index in [1.807, 2.05) is 12.1 Å². The van der Waals surface area contributed by atoms with E-state index in [9.17, 15) is 0 Å². The van der Waals surface area contributed by atoms with Crippen molar-refractivity contribution in [3.8, 4) is 0 Å². The molecule has 112 valence electrons. The zero-order chi connectivity index (χ0) is 14.4. The summed E-state index contributed by atoms with van der Waals surface area (Å²) < 4.78 is 0. The van der Waals surface area contributed by atoms with Crippen LogP contribution in [0.25, 0.3) is 0 Å². The molecule has 1 aromatic carbocycles. The molecular formula is C18H28ClN. The highest BCUT2D eigenvalue weighted by atomic mass is 35.5. The summed E-state index contributed by atoms with van der Waals surface area (Å²) in [6.45, 7) is 5.54. The van der Waals surface area contributed by atoms with Crippen molar-refractivity contribution in [2.45, 2.75) is 58.4 Å². The van der Waals surface area contributed by atoms with Crippen molar-refractivity contribution in [1.29, 1.82) is 0 Å². The van der Waals surface area contributed by atoms with Crippen LogP contribution in [0.2, 0.25) is 5.02 Å². The zero-order valence-electron chi connectivity index (χ0n) is 12.9. The van der Waals surface area contributed by atoms with Gasteiger partial charge in [0.25, 0.3) is 0 Å². The highest BCUT2D eigenvalue weighted by Crippen LogP contribution is 2.38. The lowest BCUT2D eigenvalue weighted by molar-refractivity contribution is 0.216. The van der Waals surface area contributed by atoms with Gasteiger partial charge in [-0.25, -0.2) is 0 Å². The average molecular weight is 294 g/mol. The van der Waals surface area contributed by atoms with E-state index in [2.05, 4.69) is 31.3 Å². The Labute approximate surface area is 129 Å². The fourth-order valence-electron chi connectivity index (χ4n) is 3.67. The van der Waals surface area contributed by atoms with E-state index < -0.39 is 0 Å². The summed E-state index contributed by atoms with van der Waals surface area (Å²) in [5, 5.41) is 4.52. The fraction of sp³-hybridized carbons (Fsp3) is 0.667. The molecule has 1 saturated carbocycles. The first kappa shape index (κ1) is 15.9. The molecule has 20 heavy (non-hydrogen) atoms. The van der Waals surface area contributed by atoms with Gasteiger partial charge in [0.2, 0.25) is 0 Å². The van der Waals surface area contributed by atoms with Crippen molar-refractivity contribution in [2.24, 2.45) is 11.8 Å². The van der Waals surface area contributed by atoms with Gasteiger partial charge in [0.05, 0.1) is 0 Å². The van der Waals surface area contributed by atoms with Crippen molar-refractivity contribution in [2.75, 3.05) is 6.54 Å². The van der Waals surface area contributed by atoms with Crippen LogP contribution < -0.4 is 5.32 Å². The summed E-state index contributed by atoms with van der Waals surface area (Å²) in [6, 6.07) is 8.91. The highest BCUT2D eigenvalue weighted by molar-refractivity contribution is 6.30. The third-order valence-corrected chi connectivity index (χ3v) is 4.96. The Kier molecular flexibility index (Phi) is 6.38. The first-order chi connectivity index (χ1) is 9.74. The second-order valence-corrected chi connectivity index (χ2v) is 6.59. The van der Waals surface area contributed by atoms with E-state index in [4.69, 9.17) is 11.6 Å². The van der Waals surface area contributed by atoms with Crippen LogP contribution in [0.3, 0.4) is 0 Å². The average Bonchev–Trinajstić information content (AvgIpc) is 2.47. The molecule has 2 heteroatoms. The van der Waals surface area contributed by atoms with Gasteiger partial charge >= 0.3 is 0 Å². The molecule has 1 nitrogen and oxygen atoms in total. The predicted octanol–water partition coefficient (Wildman–Crippen LogP) is 5.60. The number of hydrogen-bond donors (Lipinski definition) is 1. The van der Waals surface area contributed by atoms with Gasteiger partial charge in [-0.05, 0) is 48.9 Å². The van der Waals surface area contributed by atoms with Crippen LogP contribution in [0.1, 0.15) is 64.0 Å². The molecule has 1 atom stereocenters. The molecule has 1 aromatic rings. The van der Waals surface area contributed by atoms with E-state index >= 15 is 0 Å². The molecule has 0 radical (unpaired) electrons. The molecule has 0 spiro atoms. The number of halogens is 1. The molecule has 0 aliphatic heterocycles. The minimum absolute atomic E-state index is 0.500. The molecule has 0 saturated heterocycles. The van der Waals surface area contributed by atoms with Crippen LogP contribution in [0.15, 0.2) is 24.3 Å². The minimum atomic E-state index is 0.500. The first-order valence-electron chi connectivity index (χ1n) is 8.23. The Balaban J connectivity index is 2.00. The number of nitrogens with one attached hydrogen (secondary N) is 1. The summed E-state index contributed by atoms with van der Waals surface area (Å²) in [5.41, 5.74) is 1.40. The van der Waals surface area contributed by atoms with E-state index in [0.717, 1.165) is 23.4 Å². The van der Waals surface area contributed by atoms with Crippen molar-refractivity contribution in [3.63, 3.8) is 0 Å². The lowest BCUT2D eigenvalue weighted by Gasteiger charge is -2.34. The molecular weight excluding hydrogens is 266 g/mol. The molecule has 1 N–H and O–H groups in total. The monoisotopic (exact) mass is 293 g/mol. The van der Waals surface area contributed by atoms with Crippen LogP contribution in [0.5, 0.6) is 0 Å². The molecule has 0 bridgehead atoms. The second kappa shape index (κ2) is 8.05. The Morgan fingerprint density at radius 2 is 1.75 bits per heavy atom. The lowest BCUT2D eigenvalue weighted by atomic mass is 9.75. The lowest BCUT2D eigenvalue weighted by Crippen LogP contribution is -2.31. The Hall–Kier alpha value is -0.530. The second-order valence-electron chi connectivity index (χ2n) is 6.16. The van der Waals surface area contributed by atoms with Gasteiger partial charge in [0.1, 0.15) is 0 Å². The van der Waals surface area contributed by atoms with Gasteiger partial charge in [-0.2, -0.15) is 0 Å². The Bertz CT molecular complexity index is 379. The van der Waals surface area contributed by atoms with Crippen molar-refractivity contribution < 1.29 is 0 Å². The molecule has 1 aliphatic rings. The summed E-state index contributed by atoms with van der Waals surface area (Å²) in [5.74, 6) is 1.76. The summed E-state index contributed by atoms with van der Waals surface area (Å²) in [7, 11) is 0. The van der Waals surface area contributed by atoms with E-state index in [0.29, 0.717) is 6.04 Å². The highest BCUT2D eigenvalue weighted by Gasteiger charge is 2.27. The largest absolute Gasteiger partial charge is 0.310 e. The van der Waals surface area contributed by atoms with Crippen molar-refractivity contribution in [1.82, 2.24) is 5.32 Å². The SMILES string of the molecule is CCCC1CCC(C(NCC)c2ccc(Cl)cc2)CC1. The topological polar surface area (TPSA) is 12.0 Å². The molecule has 1 aliphatic carbocycles. The van der Waals surface area contributed by atoms with Gasteiger partial charge in [0, 0.05) is 11.1 Å². The summed E-state index contributed by atoms with van der Waals surface area (Å²) in [6.07, 6.45) is 8.31. The maximum Gasteiger partial charge on any atom is 0.0406 e. The van der Waals surface area contributed by atoms with Gasteiger partial charge in [-0.1, -0.05) is 63.3 Å². The number of benzene rings is 1. The smallest absolute Gasteiger partial charge is 0.0406 e. The Morgan fingerprint density at radius 3 is 2.30 bits per heavy atom. The normalized spacial score (nSPS) is 24.6. The van der Waals surface area contributed by atoms with Crippen LogP contribution >= 0.6 is 11.6 Å². The fourth-order valence-corrected chi connectivity index (χ4v) is 3.79. The molecule has 1 fully saturated rings. The van der Waals surface area contributed by atoms with Crippen LogP contribution in [-0.4, -0.2) is 6.54 Å². The van der Waals surface area contributed by atoms with Gasteiger partial charge < -0.3 is 5.32 Å². The standard InChI is InChI=1S/C18H28ClN/c1-3-5-14-6-8-15(9-7-14)18(20-4-2)16-10-12-17(19)13-11-16/h10-15,18,20H,3-9H2,1-2H3. The van der Waals surface area contributed by atoms with Gasteiger partial charge in [-0.3, -0.25) is 0 Å². The van der Waals surface area contributed by atoms with E-state index in [1.165, 1.54) is 44.1 Å². The van der Waals surface area contributed by atoms with E-state index in [1.54, 1.807) is 0 Å². The van der Waals surface area contributed by atoms with Crippen molar-refractivity contribution >= 4 is 11.6 Å². The van der Waals surface area contributed by atoms with Gasteiger partial charge in [0.15, 0.2) is 0 Å². The third kappa shape index (κ3) is 4.23. The molecule has 0 aromatic heterocycles. The first-order valence-corrected chi connectivity index (χ1v) is 8.61. The molecule has 0 amide bonds. The molecule has 0 heterocycles. The van der Waals surface area contributed by atoms with Crippen LogP contribution in [-0.2, 0) is 0 Å². The number of hydrogen-bond acceptors (Lipinski definition) is 1.